The van der Waals surface area contributed by atoms with Crippen molar-refractivity contribution in [1.29, 1.82) is 0 Å². The molecular weight excluding hydrogens is 272 g/mol. The van der Waals surface area contributed by atoms with E-state index in [1.54, 1.807) is 0 Å². The van der Waals surface area contributed by atoms with Crippen molar-refractivity contribution in [2.45, 2.75) is 44.1 Å². The minimum atomic E-state index is -0.944. The number of carbonyl (C=O) groups is 1. The van der Waals surface area contributed by atoms with Gasteiger partial charge in [-0.15, -0.1) is 0 Å². The Balaban J connectivity index is 1.29. The maximum atomic E-state index is 10.3. The SMILES string of the molecule is O=C(O)COCCOCCOC12CC3CC(CC(C3)C1)C2. The van der Waals surface area contributed by atoms with Gasteiger partial charge in [0.05, 0.1) is 32.0 Å². The summed E-state index contributed by atoms with van der Waals surface area (Å²) in [6.45, 7) is 1.71. The van der Waals surface area contributed by atoms with Crippen LogP contribution in [-0.2, 0) is 19.0 Å². The fraction of sp³-hybridized carbons (Fsp3) is 0.938. The quantitative estimate of drug-likeness (QED) is 0.660. The smallest absolute Gasteiger partial charge is 0.329 e. The van der Waals surface area contributed by atoms with Gasteiger partial charge in [0.2, 0.25) is 0 Å². The van der Waals surface area contributed by atoms with Crippen LogP contribution in [0.25, 0.3) is 0 Å². The van der Waals surface area contributed by atoms with Gasteiger partial charge in [0.15, 0.2) is 0 Å². The summed E-state index contributed by atoms with van der Waals surface area (Å²) in [5.74, 6) is 1.77. The molecule has 0 aliphatic heterocycles. The highest BCUT2D eigenvalue weighted by Gasteiger charge is 2.51. The maximum Gasteiger partial charge on any atom is 0.329 e. The Hall–Kier alpha value is -0.650. The summed E-state index contributed by atoms with van der Waals surface area (Å²) in [5, 5.41) is 8.42. The summed E-state index contributed by atoms with van der Waals surface area (Å²) >= 11 is 0. The van der Waals surface area contributed by atoms with Gasteiger partial charge in [-0.2, -0.15) is 0 Å². The van der Waals surface area contributed by atoms with E-state index in [1.165, 1.54) is 38.5 Å². The van der Waals surface area contributed by atoms with Gasteiger partial charge < -0.3 is 19.3 Å². The molecule has 0 spiro atoms. The highest BCUT2D eigenvalue weighted by Crippen LogP contribution is 2.57. The van der Waals surface area contributed by atoms with E-state index in [0.29, 0.717) is 26.4 Å². The lowest BCUT2D eigenvalue weighted by atomic mass is 9.54. The molecule has 0 heterocycles. The van der Waals surface area contributed by atoms with Crippen LogP contribution in [0.15, 0.2) is 0 Å². The summed E-state index contributed by atoms with van der Waals surface area (Å²) < 4.78 is 16.6. The number of ether oxygens (including phenoxy) is 3. The number of rotatable bonds is 9. The predicted octanol–water partition coefficient (Wildman–Crippen LogP) is 2.09. The molecule has 5 nitrogen and oxygen atoms in total. The van der Waals surface area contributed by atoms with Crippen LogP contribution in [0.2, 0.25) is 0 Å². The normalized spacial score (nSPS) is 37.0. The number of hydrogen-bond donors (Lipinski definition) is 1. The topological polar surface area (TPSA) is 65.0 Å². The molecule has 21 heavy (non-hydrogen) atoms. The molecule has 4 bridgehead atoms. The van der Waals surface area contributed by atoms with Crippen LogP contribution in [-0.4, -0.2) is 49.7 Å². The highest BCUT2D eigenvalue weighted by atomic mass is 16.6. The van der Waals surface area contributed by atoms with Crippen LogP contribution in [0.5, 0.6) is 0 Å². The van der Waals surface area contributed by atoms with Crippen LogP contribution in [0, 0.1) is 17.8 Å². The van der Waals surface area contributed by atoms with Crippen molar-refractivity contribution in [2.24, 2.45) is 17.8 Å². The molecule has 1 N–H and O–H groups in total. The van der Waals surface area contributed by atoms with Gasteiger partial charge in [0.1, 0.15) is 6.61 Å². The summed E-state index contributed by atoms with van der Waals surface area (Å²) in [6, 6.07) is 0. The standard InChI is InChI=1S/C16H26O5/c17-15(18)11-20-2-1-19-3-4-21-16-8-12-5-13(9-16)7-14(6-12)10-16/h12-14H,1-11H2,(H,17,18). The van der Waals surface area contributed by atoms with Crippen molar-refractivity contribution in [2.75, 3.05) is 33.0 Å². The first kappa shape index (κ1) is 15.3. The van der Waals surface area contributed by atoms with Gasteiger partial charge in [-0.25, -0.2) is 4.79 Å². The lowest BCUT2D eigenvalue weighted by Crippen LogP contribution is -2.52. The molecular formula is C16H26O5. The fourth-order valence-corrected chi connectivity index (χ4v) is 4.90. The maximum absolute atomic E-state index is 10.3. The second-order valence-electron chi connectivity index (χ2n) is 7.01. The predicted molar refractivity (Wildman–Crippen MR) is 76.1 cm³/mol. The molecule has 0 aromatic rings. The lowest BCUT2D eigenvalue weighted by Gasteiger charge is -2.56. The lowest BCUT2D eigenvalue weighted by molar-refractivity contribution is -0.169. The molecule has 4 fully saturated rings. The van der Waals surface area contributed by atoms with E-state index < -0.39 is 5.97 Å². The Bertz CT molecular complexity index is 332. The van der Waals surface area contributed by atoms with Gasteiger partial charge in [0.25, 0.3) is 0 Å². The third-order valence-electron chi connectivity index (χ3n) is 5.22. The minimum absolute atomic E-state index is 0.151. The Morgan fingerprint density at radius 2 is 1.43 bits per heavy atom. The van der Waals surface area contributed by atoms with Crippen molar-refractivity contribution in [3.05, 3.63) is 0 Å². The zero-order valence-electron chi connectivity index (χ0n) is 12.6. The molecule has 5 heteroatoms. The average molecular weight is 298 g/mol. The second kappa shape index (κ2) is 6.63. The summed E-state index contributed by atoms with van der Waals surface area (Å²) in [6.07, 6.45) is 8.04. The fourth-order valence-electron chi connectivity index (χ4n) is 4.90. The van der Waals surface area contributed by atoms with Gasteiger partial charge in [0, 0.05) is 0 Å². The number of carboxylic acids is 1. The Morgan fingerprint density at radius 3 is 2.00 bits per heavy atom. The first-order chi connectivity index (χ1) is 10.2. The van der Waals surface area contributed by atoms with E-state index in [-0.39, 0.29) is 12.2 Å². The van der Waals surface area contributed by atoms with Gasteiger partial charge in [-0.3, -0.25) is 0 Å². The van der Waals surface area contributed by atoms with Crippen molar-refractivity contribution >= 4 is 5.97 Å². The van der Waals surface area contributed by atoms with Crippen molar-refractivity contribution in [3.63, 3.8) is 0 Å². The zero-order chi connectivity index (χ0) is 14.7. The molecule has 0 unspecified atom stereocenters. The average Bonchev–Trinajstić information content (AvgIpc) is 2.40. The van der Waals surface area contributed by atoms with Crippen LogP contribution < -0.4 is 0 Å². The number of carboxylic acid groups (broad SMARTS) is 1. The monoisotopic (exact) mass is 298 g/mol. The number of aliphatic carboxylic acids is 1. The molecule has 0 saturated heterocycles. The van der Waals surface area contributed by atoms with Gasteiger partial charge in [-0.05, 0) is 56.3 Å². The Kier molecular flexibility index (Phi) is 4.82. The van der Waals surface area contributed by atoms with E-state index >= 15 is 0 Å². The molecule has 0 radical (unpaired) electrons. The molecule has 120 valence electrons. The van der Waals surface area contributed by atoms with Gasteiger partial charge in [-0.1, -0.05) is 0 Å². The molecule has 4 aliphatic rings. The van der Waals surface area contributed by atoms with E-state index in [4.69, 9.17) is 19.3 Å². The third kappa shape index (κ3) is 3.96. The van der Waals surface area contributed by atoms with Crippen LogP contribution in [0.4, 0.5) is 0 Å². The van der Waals surface area contributed by atoms with E-state index in [1.807, 2.05) is 0 Å². The van der Waals surface area contributed by atoms with Gasteiger partial charge >= 0.3 is 5.97 Å². The zero-order valence-corrected chi connectivity index (χ0v) is 12.6. The summed E-state index contributed by atoms with van der Waals surface area (Å²) in [4.78, 5) is 10.3. The molecule has 4 rings (SSSR count). The van der Waals surface area contributed by atoms with Crippen molar-refractivity contribution in [1.82, 2.24) is 0 Å². The second-order valence-corrected chi connectivity index (χ2v) is 7.01. The molecule has 0 atom stereocenters. The highest BCUT2D eigenvalue weighted by molar-refractivity contribution is 5.67. The van der Waals surface area contributed by atoms with E-state index in [2.05, 4.69) is 0 Å². The molecule has 0 aromatic heterocycles. The molecule has 0 aromatic carbocycles. The molecule has 4 saturated carbocycles. The van der Waals surface area contributed by atoms with E-state index in [0.717, 1.165) is 17.8 Å². The first-order valence-electron chi connectivity index (χ1n) is 8.16. The van der Waals surface area contributed by atoms with E-state index in [9.17, 15) is 4.79 Å². The molecule has 4 aliphatic carbocycles. The van der Waals surface area contributed by atoms with Crippen LogP contribution in [0.3, 0.4) is 0 Å². The van der Waals surface area contributed by atoms with Crippen LogP contribution in [0.1, 0.15) is 38.5 Å². The largest absolute Gasteiger partial charge is 0.480 e. The molecule has 0 amide bonds. The first-order valence-corrected chi connectivity index (χ1v) is 8.16. The third-order valence-corrected chi connectivity index (χ3v) is 5.22. The van der Waals surface area contributed by atoms with Crippen molar-refractivity contribution < 1.29 is 24.1 Å². The van der Waals surface area contributed by atoms with Crippen molar-refractivity contribution in [3.8, 4) is 0 Å². The summed E-state index contributed by atoms with van der Waals surface area (Å²) in [5.41, 5.74) is 0.151. The Morgan fingerprint density at radius 1 is 0.905 bits per heavy atom. The minimum Gasteiger partial charge on any atom is -0.480 e. The Labute approximate surface area is 125 Å². The number of hydrogen-bond acceptors (Lipinski definition) is 4. The van der Waals surface area contributed by atoms with Crippen LogP contribution >= 0.6 is 0 Å². The summed E-state index contributed by atoms with van der Waals surface area (Å²) in [7, 11) is 0.